The zero-order valence-electron chi connectivity index (χ0n) is 4.14. The summed E-state index contributed by atoms with van der Waals surface area (Å²) in [5, 5.41) is 6.90. The highest BCUT2D eigenvalue weighted by atomic mass is 31.2. The standard InChI is InChI=1S/CH4N3O4P/c2-1(3)4-7-9(5,6)8-4/h(H3,2,3)(H,5,6). The van der Waals surface area contributed by atoms with E-state index in [0.717, 1.165) is 0 Å². The molecule has 9 heavy (non-hydrogen) atoms. The fraction of sp³-hybridized carbons (Fsp3) is 0. The second-order valence-corrected chi connectivity index (χ2v) is 2.54. The quantitative estimate of drug-likeness (QED) is 0.238. The molecule has 0 aromatic carbocycles. The van der Waals surface area contributed by atoms with E-state index in [2.05, 4.69) is 9.25 Å². The van der Waals surface area contributed by atoms with Gasteiger partial charge in [-0.15, -0.1) is 9.25 Å². The molecule has 0 aromatic heterocycles. The SMILES string of the molecule is N=C(N)N1OP(=O)(O)O1. The minimum absolute atomic E-state index is 0.348. The third kappa shape index (κ3) is 1.19. The zero-order chi connectivity index (χ0) is 7.07. The van der Waals surface area contributed by atoms with Gasteiger partial charge in [-0.2, -0.15) is 0 Å². The largest absolute Gasteiger partial charge is 0.519 e. The van der Waals surface area contributed by atoms with Gasteiger partial charge < -0.3 is 5.73 Å². The summed E-state index contributed by atoms with van der Waals surface area (Å²) in [5.74, 6) is -0.574. The van der Waals surface area contributed by atoms with Crippen LogP contribution in [0, 0.1) is 5.41 Å². The summed E-state index contributed by atoms with van der Waals surface area (Å²) in [5.41, 5.74) is 4.75. The Kier molecular flexibility index (Phi) is 1.21. The summed E-state index contributed by atoms with van der Waals surface area (Å²) >= 11 is 0. The summed E-state index contributed by atoms with van der Waals surface area (Å²) in [6, 6.07) is 0. The maximum Gasteiger partial charge on any atom is 0.519 e. The molecule has 1 aliphatic rings. The van der Waals surface area contributed by atoms with E-state index < -0.39 is 13.8 Å². The van der Waals surface area contributed by atoms with Gasteiger partial charge in [0.2, 0.25) is 5.96 Å². The van der Waals surface area contributed by atoms with Crippen molar-refractivity contribution in [2.75, 3.05) is 0 Å². The normalized spacial score (nSPS) is 23.0. The van der Waals surface area contributed by atoms with Crippen LogP contribution in [0.3, 0.4) is 0 Å². The van der Waals surface area contributed by atoms with Crippen LogP contribution >= 0.6 is 7.82 Å². The van der Waals surface area contributed by atoms with Crippen LogP contribution in [0.15, 0.2) is 0 Å². The number of phosphoric acid groups is 1. The van der Waals surface area contributed by atoms with Gasteiger partial charge in [0, 0.05) is 0 Å². The van der Waals surface area contributed by atoms with Crippen molar-refractivity contribution in [1.29, 1.82) is 5.41 Å². The van der Waals surface area contributed by atoms with Crippen LogP contribution in [0.25, 0.3) is 0 Å². The second kappa shape index (κ2) is 1.68. The van der Waals surface area contributed by atoms with E-state index in [1.165, 1.54) is 0 Å². The third-order valence-corrected chi connectivity index (χ3v) is 1.26. The van der Waals surface area contributed by atoms with Crippen molar-refractivity contribution in [2.24, 2.45) is 5.73 Å². The molecular weight excluding hydrogens is 149 g/mol. The predicted octanol–water partition coefficient (Wildman–Crippen LogP) is -0.841. The summed E-state index contributed by atoms with van der Waals surface area (Å²) < 4.78 is 18.0. The van der Waals surface area contributed by atoms with Gasteiger partial charge in [0.15, 0.2) is 0 Å². The van der Waals surface area contributed by atoms with E-state index in [9.17, 15) is 4.57 Å². The maximum absolute atomic E-state index is 10.1. The van der Waals surface area contributed by atoms with E-state index in [4.69, 9.17) is 16.0 Å². The topological polar surface area (TPSA) is 109 Å². The number of nitrogens with one attached hydrogen (secondary N) is 1. The molecule has 0 radical (unpaired) electrons. The molecule has 4 N–H and O–H groups in total. The van der Waals surface area contributed by atoms with Crippen molar-refractivity contribution in [3.63, 3.8) is 0 Å². The second-order valence-electron chi connectivity index (χ2n) is 1.27. The summed E-state index contributed by atoms with van der Waals surface area (Å²) in [6.45, 7) is 0. The fourth-order valence-electron chi connectivity index (χ4n) is 0.282. The summed E-state index contributed by atoms with van der Waals surface area (Å²) in [6.07, 6.45) is 0. The number of hydrogen-bond acceptors (Lipinski definition) is 4. The number of nitrogens with zero attached hydrogens (tertiary/aromatic N) is 1. The van der Waals surface area contributed by atoms with Gasteiger partial charge in [0.25, 0.3) is 0 Å². The van der Waals surface area contributed by atoms with Gasteiger partial charge in [-0.1, -0.05) is 5.23 Å². The first-order valence-electron chi connectivity index (χ1n) is 1.88. The van der Waals surface area contributed by atoms with Crippen molar-refractivity contribution in [3.05, 3.63) is 0 Å². The highest BCUT2D eigenvalue weighted by Crippen LogP contribution is 2.53. The lowest BCUT2D eigenvalue weighted by atomic mass is 11.1. The molecule has 1 rings (SSSR count). The molecule has 1 heterocycles. The highest BCUT2D eigenvalue weighted by Gasteiger charge is 2.42. The molecule has 0 saturated carbocycles. The molecule has 1 fully saturated rings. The Morgan fingerprint density at radius 1 is 1.78 bits per heavy atom. The van der Waals surface area contributed by atoms with Gasteiger partial charge in [0.05, 0.1) is 0 Å². The molecule has 0 aromatic rings. The summed E-state index contributed by atoms with van der Waals surface area (Å²) in [7, 11) is -3.87. The van der Waals surface area contributed by atoms with Crippen LogP contribution in [-0.4, -0.2) is 16.1 Å². The van der Waals surface area contributed by atoms with Gasteiger partial charge in [-0.05, 0) is 0 Å². The molecule has 0 spiro atoms. The molecule has 0 bridgehead atoms. The van der Waals surface area contributed by atoms with E-state index in [-0.39, 0.29) is 0 Å². The van der Waals surface area contributed by atoms with Crippen LogP contribution < -0.4 is 5.73 Å². The Bertz CT molecular complexity index is 180. The van der Waals surface area contributed by atoms with Gasteiger partial charge in [0.1, 0.15) is 0 Å². The van der Waals surface area contributed by atoms with E-state index in [0.29, 0.717) is 5.23 Å². The molecule has 0 amide bonds. The third-order valence-electron chi connectivity index (χ3n) is 0.551. The average molecular weight is 153 g/mol. The smallest absolute Gasteiger partial charge is 0.366 e. The first-order chi connectivity index (χ1) is 4.01. The van der Waals surface area contributed by atoms with Crippen LogP contribution in [-0.2, 0) is 13.8 Å². The van der Waals surface area contributed by atoms with E-state index in [1.54, 1.807) is 0 Å². The number of nitrogens with two attached hydrogens (primary N) is 1. The summed E-state index contributed by atoms with van der Waals surface area (Å²) in [4.78, 5) is 8.25. The molecule has 52 valence electrons. The van der Waals surface area contributed by atoms with Gasteiger partial charge in [-0.3, -0.25) is 10.3 Å². The van der Waals surface area contributed by atoms with Crippen molar-refractivity contribution >= 4 is 13.8 Å². The molecule has 0 unspecified atom stereocenters. The first kappa shape index (κ1) is 6.50. The Labute approximate surface area is 50.0 Å². The van der Waals surface area contributed by atoms with E-state index >= 15 is 0 Å². The van der Waals surface area contributed by atoms with Crippen molar-refractivity contribution in [1.82, 2.24) is 5.23 Å². The number of hydroxylamine groups is 2. The average Bonchev–Trinajstić information content (AvgIpc) is 1.59. The predicted molar refractivity (Wildman–Crippen MR) is 25.7 cm³/mol. The van der Waals surface area contributed by atoms with Gasteiger partial charge in [-0.25, -0.2) is 4.57 Å². The lowest BCUT2D eigenvalue weighted by Crippen LogP contribution is -2.41. The van der Waals surface area contributed by atoms with Crippen LogP contribution in [0.2, 0.25) is 0 Å². The van der Waals surface area contributed by atoms with Crippen molar-refractivity contribution < 1.29 is 18.7 Å². The molecule has 0 aliphatic carbocycles. The first-order valence-corrected chi connectivity index (χ1v) is 3.37. The Hall–Kier alpha value is -0.620. The number of hydrogen-bond donors (Lipinski definition) is 3. The molecule has 1 saturated heterocycles. The maximum atomic E-state index is 10.1. The van der Waals surface area contributed by atoms with E-state index in [1.807, 2.05) is 0 Å². The van der Waals surface area contributed by atoms with Crippen molar-refractivity contribution in [3.8, 4) is 0 Å². The molecule has 0 atom stereocenters. The highest BCUT2D eigenvalue weighted by molar-refractivity contribution is 7.48. The minimum atomic E-state index is -3.87. The van der Waals surface area contributed by atoms with Crippen LogP contribution in [0.5, 0.6) is 0 Å². The Morgan fingerprint density at radius 3 is 2.33 bits per heavy atom. The number of rotatable bonds is 0. The molecule has 8 heteroatoms. The van der Waals surface area contributed by atoms with Crippen molar-refractivity contribution in [2.45, 2.75) is 0 Å². The monoisotopic (exact) mass is 153 g/mol. The fourth-order valence-corrected chi connectivity index (χ4v) is 0.845. The lowest BCUT2D eigenvalue weighted by Gasteiger charge is -2.30. The Morgan fingerprint density at radius 2 is 2.22 bits per heavy atom. The lowest BCUT2D eigenvalue weighted by molar-refractivity contribution is -0.297. The van der Waals surface area contributed by atoms with Crippen LogP contribution in [0.4, 0.5) is 0 Å². The van der Waals surface area contributed by atoms with Gasteiger partial charge >= 0.3 is 7.82 Å². The molecule has 1 aliphatic heterocycles. The Balaban J connectivity index is 2.45. The molecular formula is CH4N3O4P. The minimum Gasteiger partial charge on any atom is -0.366 e. The van der Waals surface area contributed by atoms with Crippen LogP contribution in [0.1, 0.15) is 0 Å². The number of guanidine groups is 1. The zero-order valence-corrected chi connectivity index (χ0v) is 5.04. The molecule has 7 nitrogen and oxygen atoms in total.